The predicted octanol–water partition coefficient (Wildman–Crippen LogP) is 5.11. The first-order chi connectivity index (χ1) is 18.5. The smallest absolute Gasteiger partial charge is 0.193 e. The molecule has 0 radical (unpaired) electrons. The van der Waals surface area contributed by atoms with Gasteiger partial charge >= 0.3 is 0 Å². The van der Waals surface area contributed by atoms with E-state index in [0.717, 1.165) is 11.8 Å². The Labute approximate surface area is 226 Å². The van der Waals surface area contributed by atoms with Gasteiger partial charge in [-0.25, -0.2) is 17.2 Å². The van der Waals surface area contributed by atoms with E-state index in [0.29, 0.717) is 17.0 Å². The minimum absolute atomic E-state index is 0.0250. The second kappa shape index (κ2) is 11.1. The second-order valence-corrected chi connectivity index (χ2v) is 11.5. The van der Waals surface area contributed by atoms with Crippen LogP contribution in [0.15, 0.2) is 76.4 Å². The van der Waals surface area contributed by atoms with E-state index in [-0.39, 0.29) is 40.3 Å². The van der Waals surface area contributed by atoms with E-state index in [2.05, 4.69) is 0 Å². The molecule has 0 aliphatic rings. The third-order valence-corrected chi connectivity index (χ3v) is 8.19. The quantitative estimate of drug-likeness (QED) is 0.328. The van der Waals surface area contributed by atoms with Crippen molar-refractivity contribution in [2.24, 2.45) is 5.73 Å². The molecular weight excluding hydrogens is 522 g/mol. The Morgan fingerprint density at radius 2 is 1.59 bits per heavy atom. The minimum Gasteiger partial charge on any atom is -0.494 e. The standard InChI is InChI=1S/C30H30F2N2O4S/c1-18-22(16-25(33)20-10-6-5-7-11-20)30(35)28(21-12-8-14-26(38-3)29(21)32)19(2)34(18)17-23-24(31)13-9-15-27(23)39(4,36)37/h5-15,25H,16-17,33H2,1-4H3. The molecule has 9 heteroatoms. The number of aromatic nitrogens is 1. The average Bonchev–Trinajstić information content (AvgIpc) is 2.90. The maximum Gasteiger partial charge on any atom is 0.193 e. The van der Waals surface area contributed by atoms with Gasteiger partial charge in [0, 0.05) is 40.4 Å². The van der Waals surface area contributed by atoms with E-state index < -0.39 is 32.9 Å². The van der Waals surface area contributed by atoms with Gasteiger partial charge in [0.25, 0.3) is 0 Å². The number of hydrogen-bond acceptors (Lipinski definition) is 5. The Balaban J connectivity index is 2.01. The van der Waals surface area contributed by atoms with Crippen LogP contribution in [0.3, 0.4) is 0 Å². The number of sulfone groups is 1. The van der Waals surface area contributed by atoms with Crippen molar-refractivity contribution in [1.82, 2.24) is 4.57 Å². The molecule has 204 valence electrons. The van der Waals surface area contributed by atoms with Crippen molar-refractivity contribution >= 4 is 9.84 Å². The molecule has 0 aliphatic carbocycles. The summed E-state index contributed by atoms with van der Waals surface area (Å²) in [6.07, 6.45) is 1.14. The van der Waals surface area contributed by atoms with Gasteiger partial charge in [-0.1, -0.05) is 48.5 Å². The van der Waals surface area contributed by atoms with Crippen LogP contribution in [0.5, 0.6) is 5.75 Å². The van der Waals surface area contributed by atoms with Crippen LogP contribution >= 0.6 is 0 Å². The Morgan fingerprint density at radius 1 is 0.923 bits per heavy atom. The van der Waals surface area contributed by atoms with Gasteiger partial charge in [0.2, 0.25) is 0 Å². The molecule has 6 nitrogen and oxygen atoms in total. The van der Waals surface area contributed by atoms with Gasteiger partial charge in [-0.3, -0.25) is 4.79 Å². The third-order valence-electron chi connectivity index (χ3n) is 7.01. The lowest BCUT2D eigenvalue weighted by Gasteiger charge is -2.24. The summed E-state index contributed by atoms with van der Waals surface area (Å²) in [4.78, 5) is 13.8. The van der Waals surface area contributed by atoms with Crippen LogP contribution < -0.4 is 15.9 Å². The third kappa shape index (κ3) is 5.51. The summed E-state index contributed by atoms with van der Waals surface area (Å²) in [5, 5.41) is 0. The lowest BCUT2D eigenvalue weighted by atomic mass is 9.93. The normalized spacial score (nSPS) is 12.4. The number of pyridine rings is 1. The molecule has 39 heavy (non-hydrogen) atoms. The van der Waals surface area contributed by atoms with E-state index in [9.17, 15) is 13.2 Å². The van der Waals surface area contributed by atoms with Crippen LogP contribution in [0.1, 0.15) is 34.1 Å². The van der Waals surface area contributed by atoms with Crippen molar-refractivity contribution in [3.05, 3.63) is 117 Å². The van der Waals surface area contributed by atoms with Gasteiger partial charge in [0.05, 0.1) is 24.1 Å². The predicted molar refractivity (Wildman–Crippen MR) is 148 cm³/mol. The van der Waals surface area contributed by atoms with Crippen molar-refractivity contribution in [2.45, 2.75) is 37.8 Å². The van der Waals surface area contributed by atoms with Crippen molar-refractivity contribution in [2.75, 3.05) is 13.4 Å². The maximum absolute atomic E-state index is 15.5. The highest BCUT2D eigenvalue weighted by Crippen LogP contribution is 2.32. The highest BCUT2D eigenvalue weighted by molar-refractivity contribution is 7.90. The molecule has 0 bridgehead atoms. The van der Waals surface area contributed by atoms with Crippen molar-refractivity contribution in [1.29, 1.82) is 0 Å². The second-order valence-electron chi connectivity index (χ2n) is 9.47. The van der Waals surface area contributed by atoms with Crippen LogP contribution in [0.2, 0.25) is 0 Å². The number of nitrogens with zero attached hydrogens (tertiary/aromatic N) is 1. The summed E-state index contributed by atoms with van der Waals surface area (Å²) in [6.45, 7) is 3.14. The lowest BCUT2D eigenvalue weighted by molar-refractivity contribution is 0.387. The van der Waals surface area contributed by atoms with Crippen molar-refractivity contribution in [3.8, 4) is 16.9 Å². The Kier molecular flexibility index (Phi) is 8.04. The maximum atomic E-state index is 15.5. The van der Waals surface area contributed by atoms with Gasteiger partial charge < -0.3 is 15.0 Å². The summed E-state index contributed by atoms with van der Waals surface area (Å²) >= 11 is 0. The van der Waals surface area contributed by atoms with Gasteiger partial charge in [-0.2, -0.15) is 0 Å². The Bertz CT molecular complexity index is 1700. The Morgan fingerprint density at radius 3 is 2.23 bits per heavy atom. The van der Waals surface area contributed by atoms with E-state index in [4.69, 9.17) is 10.5 Å². The molecule has 3 aromatic carbocycles. The molecule has 0 fully saturated rings. The number of methoxy groups -OCH3 is 1. The molecule has 2 N–H and O–H groups in total. The highest BCUT2D eigenvalue weighted by atomic mass is 32.2. The molecule has 4 aromatic rings. The monoisotopic (exact) mass is 552 g/mol. The van der Waals surface area contributed by atoms with Crippen LogP contribution in [-0.4, -0.2) is 26.4 Å². The van der Waals surface area contributed by atoms with E-state index in [1.54, 1.807) is 24.5 Å². The largest absolute Gasteiger partial charge is 0.494 e. The number of rotatable bonds is 8. The number of hydrogen-bond donors (Lipinski definition) is 1. The van der Waals surface area contributed by atoms with Crippen LogP contribution in [-0.2, 0) is 22.8 Å². The van der Waals surface area contributed by atoms with E-state index in [1.807, 2.05) is 30.3 Å². The highest BCUT2D eigenvalue weighted by Gasteiger charge is 2.25. The first kappa shape index (κ1) is 28.2. The average molecular weight is 553 g/mol. The molecular formula is C30H30F2N2O4S. The fourth-order valence-electron chi connectivity index (χ4n) is 4.92. The number of nitrogens with two attached hydrogens (primary N) is 1. The molecule has 0 saturated carbocycles. The molecule has 1 unspecified atom stereocenters. The zero-order valence-corrected chi connectivity index (χ0v) is 23.0. The number of benzene rings is 3. The summed E-state index contributed by atoms with van der Waals surface area (Å²) in [5.41, 5.74) is 8.11. The van der Waals surface area contributed by atoms with Crippen LogP contribution in [0, 0.1) is 25.5 Å². The molecule has 0 spiro atoms. The van der Waals surface area contributed by atoms with Gasteiger partial charge in [-0.15, -0.1) is 0 Å². The first-order valence-electron chi connectivity index (χ1n) is 12.3. The van der Waals surface area contributed by atoms with E-state index >= 15 is 8.78 Å². The van der Waals surface area contributed by atoms with E-state index in [1.165, 1.54) is 37.4 Å². The molecule has 1 heterocycles. The van der Waals surface area contributed by atoms with Crippen molar-refractivity contribution < 1.29 is 21.9 Å². The molecule has 1 aromatic heterocycles. The van der Waals surface area contributed by atoms with Crippen LogP contribution in [0.4, 0.5) is 8.78 Å². The molecule has 0 aliphatic heterocycles. The lowest BCUT2D eigenvalue weighted by Crippen LogP contribution is -2.27. The number of halogens is 2. The summed E-state index contributed by atoms with van der Waals surface area (Å²) < 4.78 is 62.3. The summed E-state index contributed by atoms with van der Waals surface area (Å²) in [5.74, 6) is -1.45. The zero-order chi connectivity index (χ0) is 28.5. The molecule has 0 saturated heterocycles. The van der Waals surface area contributed by atoms with Gasteiger partial charge in [0.1, 0.15) is 5.82 Å². The number of ether oxygens (including phenoxy) is 1. The summed E-state index contributed by atoms with van der Waals surface area (Å²) in [7, 11) is -2.43. The fourth-order valence-corrected chi connectivity index (χ4v) is 5.86. The molecule has 1 atom stereocenters. The molecule has 0 amide bonds. The zero-order valence-electron chi connectivity index (χ0n) is 22.2. The van der Waals surface area contributed by atoms with Gasteiger partial charge in [0.15, 0.2) is 26.8 Å². The first-order valence-corrected chi connectivity index (χ1v) is 14.2. The van der Waals surface area contributed by atoms with Gasteiger partial charge in [-0.05, 0) is 44.0 Å². The topological polar surface area (TPSA) is 91.4 Å². The minimum atomic E-state index is -3.76. The fraction of sp³-hybridized carbons (Fsp3) is 0.233. The SMILES string of the molecule is COc1cccc(-c2c(C)n(Cc3c(F)cccc3S(C)(=O)=O)c(C)c(CC(N)c3ccccc3)c2=O)c1F. The Hall–Kier alpha value is -3.82. The summed E-state index contributed by atoms with van der Waals surface area (Å²) in [6, 6.07) is 17.1. The van der Waals surface area contributed by atoms with Crippen molar-refractivity contribution in [3.63, 3.8) is 0 Å². The molecule has 4 rings (SSSR count). The van der Waals surface area contributed by atoms with Crippen LogP contribution in [0.25, 0.3) is 11.1 Å².